The molecule has 2 atom stereocenters. The number of halogens is 1. The van der Waals surface area contributed by atoms with Gasteiger partial charge in [-0.25, -0.2) is 0 Å². The largest absolute Gasteiger partial charge is 0.507 e. The van der Waals surface area contributed by atoms with E-state index in [4.69, 9.17) is 0 Å². The molecule has 2 aliphatic heterocycles. The number of fused-ring (bicyclic) bond motifs is 1. The van der Waals surface area contributed by atoms with Gasteiger partial charge < -0.3 is 15.3 Å². The Labute approximate surface area is 120 Å². The fourth-order valence-electron chi connectivity index (χ4n) is 3.15. The van der Waals surface area contributed by atoms with Crippen LogP contribution in [0, 0.1) is 5.92 Å². The normalized spacial score (nSPS) is 26.3. The number of piperidine rings is 1. The van der Waals surface area contributed by atoms with E-state index in [1.165, 1.54) is 6.42 Å². The van der Waals surface area contributed by atoms with E-state index in [9.17, 15) is 9.90 Å². The van der Waals surface area contributed by atoms with Gasteiger partial charge in [0.15, 0.2) is 0 Å². The van der Waals surface area contributed by atoms with Gasteiger partial charge in [0.05, 0.1) is 5.56 Å². The van der Waals surface area contributed by atoms with Crippen LogP contribution in [0.5, 0.6) is 5.75 Å². The second kappa shape index (κ2) is 5.13. The fourth-order valence-corrected chi connectivity index (χ4v) is 3.52. The number of aromatic hydroxyl groups is 1. The Kier molecular flexibility index (Phi) is 3.50. The summed E-state index contributed by atoms with van der Waals surface area (Å²) in [5, 5.41) is 13.3. The highest BCUT2D eigenvalue weighted by molar-refractivity contribution is 9.10. The van der Waals surface area contributed by atoms with Crippen molar-refractivity contribution >= 4 is 21.8 Å². The van der Waals surface area contributed by atoms with E-state index in [1.807, 2.05) is 4.90 Å². The van der Waals surface area contributed by atoms with Crippen molar-refractivity contribution in [3.05, 3.63) is 28.2 Å². The Balaban J connectivity index is 1.88. The van der Waals surface area contributed by atoms with Crippen LogP contribution in [-0.4, -0.2) is 41.6 Å². The van der Waals surface area contributed by atoms with Crippen molar-refractivity contribution in [1.29, 1.82) is 0 Å². The smallest absolute Gasteiger partial charge is 0.257 e. The molecule has 4 nitrogen and oxygen atoms in total. The van der Waals surface area contributed by atoms with Crippen LogP contribution in [0.1, 0.15) is 23.2 Å². The van der Waals surface area contributed by atoms with Crippen LogP contribution >= 0.6 is 15.9 Å². The van der Waals surface area contributed by atoms with Gasteiger partial charge in [0.1, 0.15) is 5.75 Å². The van der Waals surface area contributed by atoms with Gasteiger partial charge in [0.2, 0.25) is 0 Å². The van der Waals surface area contributed by atoms with E-state index in [0.29, 0.717) is 11.5 Å². The summed E-state index contributed by atoms with van der Waals surface area (Å²) in [5.41, 5.74) is 0.391. The predicted octanol–water partition coefficient (Wildman–Crippen LogP) is 1.98. The van der Waals surface area contributed by atoms with E-state index in [-0.39, 0.29) is 17.7 Å². The van der Waals surface area contributed by atoms with E-state index in [2.05, 4.69) is 21.2 Å². The SMILES string of the molecule is O=C(c1cc(Br)ccc1O)N1CCCC2CNCC21. The van der Waals surface area contributed by atoms with Gasteiger partial charge in [-0.15, -0.1) is 0 Å². The molecule has 3 rings (SSSR count). The quantitative estimate of drug-likeness (QED) is 0.830. The number of rotatable bonds is 1. The number of phenols is 1. The summed E-state index contributed by atoms with van der Waals surface area (Å²) in [6.07, 6.45) is 2.23. The van der Waals surface area contributed by atoms with Crippen molar-refractivity contribution in [2.45, 2.75) is 18.9 Å². The molecule has 0 radical (unpaired) electrons. The Morgan fingerprint density at radius 3 is 3.11 bits per heavy atom. The standard InChI is InChI=1S/C14H17BrN2O2/c15-10-3-4-13(18)11(6-10)14(19)17-5-1-2-9-7-16-8-12(9)17/h3-4,6,9,12,16,18H,1-2,5,7-8H2. The molecule has 0 bridgehead atoms. The highest BCUT2D eigenvalue weighted by atomic mass is 79.9. The van der Waals surface area contributed by atoms with E-state index in [0.717, 1.165) is 30.5 Å². The van der Waals surface area contributed by atoms with Gasteiger partial charge in [-0.3, -0.25) is 4.79 Å². The Morgan fingerprint density at radius 2 is 2.26 bits per heavy atom. The molecule has 1 aromatic carbocycles. The highest BCUT2D eigenvalue weighted by Gasteiger charge is 2.38. The van der Waals surface area contributed by atoms with Gasteiger partial charge >= 0.3 is 0 Å². The molecule has 19 heavy (non-hydrogen) atoms. The molecular weight excluding hydrogens is 308 g/mol. The number of hydrogen-bond donors (Lipinski definition) is 2. The van der Waals surface area contributed by atoms with Gasteiger partial charge in [0, 0.05) is 30.1 Å². The van der Waals surface area contributed by atoms with Crippen LogP contribution < -0.4 is 5.32 Å². The summed E-state index contributed by atoms with van der Waals surface area (Å²) in [6, 6.07) is 5.28. The lowest BCUT2D eigenvalue weighted by atomic mass is 9.91. The number of nitrogens with one attached hydrogen (secondary N) is 1. The molecule has 1 aromatic rings. The summed E-state index contributed by atoms with van der Waals surface area (Å²) in [4.78, 5) is 14.6. The molecule has 5 heteroatoms. The summed E-state index contributed by atoms with van der Waals surface area (Å²) in [7, 11) is 0. The summed E-state index contributed by atoms with van der Waals surface area (Å²) in [6.45, 7) is 2.65. The molecule has 0 saturated carbocycles. The van der Waals surface area contributed by atoms with Gasteiger partial charge in [0.25, 0.3) is 5.91 Å². The maximum Gasteiger partial charge on any atom is 0.257 e. The summed E-state index contributed by atoms with van der Waals surface area (Å²) in [5.74, 6) is 0.561. The zero-order valence-electron chi connectivity index (χ0n) is 10.6. The first-order chi connectivity index (χ1) is 9.16. The first kappa shape index (κ1) is 12.9. The molecule has 2 aliphatic rings. The van der Waals surface area contributed by atoms with E-state index < -0.39 is 0 Å². The molecule has 2 unspecified atom stereocenters. The van der Waals surface area contributed by atoms with E-state index in [1.54, 1.807) is 18.2 Å². The zero-order valence-corrected chi connectivity index (χ0v) is 12.2. The number of likely N-dealkylation sites (tertiary alicyclic amines) is 1. The van der Waals surface area contributed by atoms with Crippen LogP contribution in [-0.2, 0) is 0 Å². The van der Waals surface area contributed by atoms with Crippen molar-refractivity contribution in [2.24, 2.45) is 5.92 Å². The van der Waals surface area contributed by atoms with Crippen LogP contribution in [0.15, 0.2) is 22.7 Å². The second-order valence-corrected chi connectivity index (χ2v) is 6.20. The number of hydrogen-bond acceptors (Lipinski definition) is 3. The highest BCUT2D eigenvalue weighted by Crippen LogP contribution is 2.30. The molecule has 2 saturated heterocycles. The van der Waals surface area contributed by atoms with Gasteiger partial charge in [-0.05, 0) is 37.0 Å². The zero-order chi connectivity index (χ0) is 13.4. The number of nitrogens with zero attached hydrogens (tertiary/aromatic N) is 1. The Morgan fingerprint density at radius 1 is 1.42 bits per heavy atom. The third kappa shape index (κ3) is 2.37. The minimum atomic E-state index is -0.0581. The lowest BCUT2D eigenvalue weighted by Crippen LogP contribution is -2.48. The topological polar surface area (TPSA) is 52.6 Å². The first-order valence-corrected chi connectivity index (χ1v) is 7.46. The van der Waals surface area contributed by atoms with Crippen molar-refractivity contribution in [3.63, 3.8) is 0 Å². The number of carbonyl (C=O) groups is 1. The van der Waals surface area contributed by atoms with E-state index >= 15 is 0 Å². The monoisotopic (exact) mass is 324 g/mol. The molecule has 0 spiro atoms. The second-order valence-electron chi connectivity index (χ2n) is 5.29. The van der Waals surface area contributed by atoms with Crippen LogP contribution in [0.2, 0.25) is 0 Å². The molecule has 0 aliphatic carbocycles. The maximum absolute atomic E-state index is 12.6. The lowest BCUT2D eigenvalue weighted by molar-refractivity contribution is 0.0571. The molecular formula is C14H17BrN2O2. The first-order valence-electron chi connectivity index (χ1n) is 6.67. The minimum absolute atomic E-state index is 0.0567. The van der Waals surface area contributed by atoms with Crippen molar-refractivity contribution in [1.82, 2.24) is 10.2 Å². The fraction of sp³-hybridized carbons (Fsp3) is 0.500. The number of benzene rings is 1. The number of phenolic OH excluding ortho intramolecular Hbond substituents is 1. The Hall–Kier alpha value is -1.07. The molecule has 2 fully saturated rings. The third-order valence-corrected chi connectivity index (χ3v) is 4.62. The average Bonchev–Trinajstić information content (AvgIpc) is 2.89. The van der Waals surface area contributed by atoms with Gasteiger partial charge in [-0.2, -0.15) is 0 Å². The van der Waals surface area contributed by atoms with Gasteiger partial charge in [-0.1, -0.05) is 15.9 Å². The molecule has 2 N–H and O–H groups in total. The van der Waals surface area contributed by atoms with Crippen molar-refractivity contribution in [2.75, 3.05) is 19.6 Å². The minimum Gasteiger partial charge on any atom is -0.507 e. The van der Waals surface area contributed by atoms with Crippen molar-refractivity contribution < 1.29 is 9.90 Å². The summed E-state index contributed by atoms with van der Waals surface area (Å²) >= 11 is 3.35. The lowest BCUT2D eigenvalue weighted by Gasteiger charge is -2.37. The molecule has 2 heterocycles. The van der Waals surface area contributed by atoms with Crippen LogP contribution in [0.25, 0.3) is 0 Å². The molecule has 102 valence electrons. The number of amides is 1. The Bertz CT molecular complexity index is 506. The van der Waals surface area contributed by atoms with Crippen molar-refractivity contribution in [3.8, 4) is 5.75 Å². The average molecular weight is 325 g/mol. The van der Waals surface area contributed by atoms with Crippen LogP contribution in [0.4, 0.5) is 0 Å². The predicted molar refractivity (Wildman–Crippen MR) is 76.2 cm³/mol. The summed E-state index contributed by atoms with van der Waals surface area (Å²) < 4.78 is 0.812. The number of carbonyl (C=O) groups excluding carboxylic acids is 1. The maximum atomic E-state index is 12.6. The third-order valence-electron chi connectivity index (χ3n) is 4.13. The van der Waals surface area contributed by atoms with Crippen LogP contribution in [0.3, 0.4) is 0 Å². The molecule has 1 amide bonds. The molecule has 0 aromatic heterocycles.